The van der Waals surface area contributed by atoms with Gasteiger partial charge in [0.15, 0.2) is 0 Å². The summed E-state index contributed by atoms with van der Waals surface area (Å²) in [7, 11) is 0. The highest BCUT2D eigenvalue weighted by Gasteiger charge is 2.32. The average molecular weight is 381 g/mol. The van der Waals surface area contributed by atoms with Crippen molar-refractivity contribution in [1.29, 1.82) is 0 Å². The van der Waals surface area contributed by atoms with E-state index in [2.05, 4.69) is 12.0 Å². The maximum absolute atomic E-state index is 13.1. The Bertz CT molecular complexity index is 642. The SMILES string of the molecule is CCCn1ncc(C(=O)N2CCOCC2CC(=O)N2CCSCC2)c1C. The molecule has 0 aromatic carbocycles. The molecule has 3 heterocycles. The van der Waals surface area contributed by atoms with Crippen LogP contribution in [0.3, 0.4) is 0 Å². The lowest BCUT2D eigenvalue weighted by Crippen LogP contribution is -2.51. The molecule has 1 aromatic heterocycles. The lowest BCUT2D eigenvalue weighted by Gasteiger charge is -2.37. The van der Waals surface area contributed by atoms with E-state index >= 15 is 0 Å². The Morgan fingerprint density at radius 3 is 2.81 bits per heavy atom. The third-order valence-electron chi connectivity index (χ3n) is 5.03. The van der Waals surface area contributed by atoms with Crippen molar-refractivity contribution in [3.05, 3.63) is 17.5 Å². The van der Waals surface area contributed by atoms with Crippen LogP contribution in [0.5, 0.6) is 0 Å². The lowest BCUT2D eigenvalue weighted by molar-refractivity contribution is -0.133. The smallest absolute Gasteiger partial charge is 0.257 e. The molecule has 8 heteroatoms. The molecule has 0 aliphatic carbocycles. The van der Waals surface area contributed by atoms with Gasteiger partial charge in [-0.1, -0.05) is 6.92 Å². The third kappa shape index (κ3) is 4.23. The Morgan fingerprint density at radius 2 is 2.08 bits per heavy atom. The number of hydrogen-bond acceptors (Lipinski definition) is 5. The van der Waals surface area contributed by atoms with Crippen LogP contribution in [0.15, 0.2) is 6.20 Å². The molecule has 1 atom stereocenters. The maximum atomic E-state index is 13.1. The minimum atomic E-state index is -0.202. The van der Waals surface area contributed by atoms with Crippen LogP contribution in [-0.4, -0.2) is 81.8 Å². The number of ether oxygens (including phenoxy) is 1. The summed E-state index contributed by atoms with van der Waals surface area (Å²) >= 11 is 1.88. The number of morpholine rings is 1. The van der Waals surface area contributed by atoms with E-state index in [1.807, 2.05) is 28.3 Å². The molecule has 1 unspecified atom stereocenters. The first kappa shape index (κ1) is 19.2. The zero-order valence-electron chi connectivity index (χ0n) is 15.6. The summed E-state index contributed by atoms with van der Waals surface area (Å²) in [5.74, 6) is 2.06. The van der Waals surface area contributed by atoms with Crippen molar-refractivity contribution in [3.8, 4) is 0 Å². The Labute approximate surface area is 159 Å². The summed E-state index contributed by atoms with van der Waals surface area (Å²) in [6.45, 7) is 7.87. The van der Waals surface area contributed by atoms with Gasteiger partial charge < -0.3 is 14.5 Å². The topological polar surface area (TPSA) is 67.7 Å². The van der Waals surface area contributed by atoms with Gasteiger partial charge in [0.25, 0.3) is 5.91 Å². The zero-order chi connectivity index (χ0) is 18.5. The van der Waals surface area contributed by atoms with E-state index in [4.69, 9.17) is 4.74 Å². The second-order valence-electron chi connectivity index (χ2n) is 6.79. The first-order valence-electron chi connectivity index (χ1n) is 9.38. The fourth-order valence-corrected chi connectivity index (χ4v) is 4.39. The molecule has 0 N–H and O–H groups in total. The lowest BCUT2D eigenvalue weighted by atomic mass is 10.1. The van der Waals surface area contributed by atoms with Gasteiger partial charge >= 0.3 is 0 Å². The van der Waals surface area contributed by atoms with Gasteiger partial charge in [-0.15, -0.1) is 0 Å². The fraction of sp³-hybridized carbons (Fsp3) is 0.722. The van der Waals surface area contributed by atoms with Crippen molar-refractivity contribution < 1.29 is 14.3 Å². The van der Waals surface area contributed by atoms with E-state index in [0.717, 1.165) is 43.3 Å². The molecule has 0 radical (unpaired) electrons. The molecule has 2 amide bonds. The van der Waals surface area contributed by atoms with Crippen LogP contribution < -0.4 is 0 Å². The predicted molar refractivity (Wildman–Crippen MR) is 101 cm³/mol. The summed E-state index contributed by atoms with van der Waals surface area (Å²) in [6.07, 6.45) is 2.96. The van der Waals surface area contributed by atoms with Crippen molar-refractivity contribution >= 4 is 23.6 Å². The molecule has 2 aliphatic rings. The van der Waals surface area contributed by atoms with Crippen LogP contribution in [0.4, 0.5) is 0 Å². The van der Waals surface area contributed by atoms with Gasteiger partial charge in [0.2, 0.25) is 5.91 Å². The largest absolute Gasteiger partial charge is 0.377 e. The van der Waals surface area contributed by atoms with Gasteiger partial charge in [-0.25, -0.2) is 0 Å². The summed E-state index contributed by atoms with van der Waals surface area (Å²) in [5.41, 5.74) is 1.52. The third-order valence-corrected chi connectivity index (χ3v) is 5.97. The predicted octanol–water partition coefficient (Wildman–Crippen LogP) is 1.41. The molecule has 2 aliphatic heterocycles. The van der Waals surface area contributed by atoms with Crippen molar-refractivity contribution in [2.24, 2.45) is 0 Å². The van der Waals surface area contributed by atoms with Gasteiger partial charge in [-0.3, -0.25) is 14.3 Å². The highest BCUT2D eigenvalue weighted by atomic mass is 32.2. The summed E-state index contributed by atoms with van der Waals surface area (Å²) in [4.78, 5) is 29.4. The number of carbonyl (C=O) groups is 2. The van der Waals surface area contributed by atoms with Gasteiger partial charge in [-0.2, -0.15) is 16.9 Å². The molecule has 26 heavy (non-hydrogen) atoms. The van der Waals surface area contributed by atoms with Crippen molar-refractivity contribution in [2.75, 3.05) is 44.4 Å². The molecule has 144 valence electrons. The van der Waals surface area contributed by atoms with E-state index in [-0.39, 0.29) is 17.9 Å². The van der Waals surface area contributed by atoms with Crippen LogP contribution in [-0.2, 0) is 16.1 Å². The molecule has 1 aromatic rings. The standard InChI is InChI=1S/C18H28N4O3S/c1-3-4-22-14(2)16(12-19-22)18(24)21-5-8-25-13-15(21)11-17(23)20-6-9-26-10-7-20/h12,15H,3-11,13H2,1-2H3. The summed E-state index contributed by atoms with van der Waals surface area (Å²) < 4.78 is 7.45. The minimum Gasteiger partial charge on any atom is -0.377 e. The zero-order valence-corrected chi connectivity index (χ0v) is 16.5. The highest BCUT2D eigenvalue weighted by molar-refractivity contribution is 7.99. The van der Waals surface area contributed by atoms with E-state index in [1.165, 1.54) is 0 Å². The van der Waals surface area contributed by atoms with Gasteiger partial charge in [0.05, 0.1) is 31.0 Å². The molecule has 0 bridgehead atoms. The number of amides is 2. The molecular weight excluding hydrogens is 352 g/mol. The Kier molecular flexibility index (Phi) is 6.58. The Hall–Kier alpha value is -1.54. The first-order valence-corrected chi connectivity index (χ1v) is 10.5. The number of rotatable bonds is 5. The van der Waals surface area contributed by atoms with Crippen molar-refractivity contribution in [3.63, 3.8) is 0 Å². The van der Waals surface area contributed by atoms with Gasteiger partial charge in [0.1, 0.15) is 0 Å². The normalized spacial score (nSPS) is 21.1. The second-order valence-corrected chi connectivity index (χ2v) is 8.02. The molecule has 0 saturated carbocycles. The fourth-order valence-electron chi connectivity index (χ4n) is 3.48. The van der Waals surface area contributed by atoms with Crippen LogP contribution >= 0.6 is 11.8 Å². The first-order chi connectivity index (χ1) is 12.6. The van der Waals surface area contributed by atoms with Gasteiger partial charge in [-0.05, 0) is 13.3 Å². The van der Waals surface area contributed by atoms with Crippen LogP contribution in [0.1, 0.15) is 35.8 Å². The Morgan fingerprint density at radius 1 is 1.31 bits per heavy atom. The number of carbonyl (C=O) groups excluding carboxylic acids is 2. The minimum absolute atomic E-state index is 0.0415. The molecule has 2 saturated heterocycles. The van der Waals surface area contributed by atoms with E-state index in [0.29, 0.717) is 31.7 Å². The van der Waals surface area contributed by atoms with Crippen LogP contribution in [0.25, 0.3) is 0 Å². The molecule has 7 nitrogen and oxygen atoms in total. The Balaban J connectivity index is 1.69. The molecule has 2 fully saturated rings. The summed E-state index contributed by atoms with van der Waals surface area (Å²) in [6, 6.07) is -0.202. The van der Waals surface area contributed by atoms with E-state index < -0.39 is 0 Å². The second kappa shape index (κ2) is 8.90. The quantitative estimate of drug-likeness (QED) is 0.773. The number of hydrogen-bond donors (Lipinski definition) is 0. The number of aromatic nitrogens is 2. The van der Waals surface area contributed by atoms with Crippen molar-refractivity contribution in [1.82, 2.24) is 19.6 Å². The number of nitrogens with zero attached hydrogens (tertiary/aromatic N) is 4. The highest BCUT2D eigenvalue weighted by Crippen LogP contribution is 2.19. The molecule has 0 spiro atoms. The van der Waals surface area contributed by atoms with Crippen molar-refractivity contribution in [2.45, 2.75) is 39.3 Å². The summed E-state index contributed by atoms with van der Waals surface area (Å²) in [5, 5.41) is 4.34. The maximum Gasteiger partial charge on any atom is 0.257 e. The van der Waals surface area contributed by atoms with Crippen LogP contribution in [0.2, 0.25) is 0 Å². The average Bonchev–Trinajstić information content (AvgIpc) is 3.03. The molecular formula is C18H28N4O3S. The monoisotopic (exact) mass is 380 g/mol. The number of aryl methyl sites for hydroxylation is 1. The van der Waals surface area contributed by atoms with E-state index in [1.54, 1.807) is 11.1 Å². The van der Waals surface area contributed by atoms with E-state index in [9.17, 15) is 9.59 Å². The van der Waals surface area contributed by atoms with Gasteiger partial charge in [0, 0.05) is 49.8 Å². The van der Waals surface area contributed by atoms with Crippen LogP contribution in [0, 0.1) is 6.92 Å². The number of thioether (sulfide) groups is 1. The molecule has 3 rings (SSSR count).